The molecule has 1 aromatic heterocycles. The Labute approximate surface area is 106 Å². The minimum Gasteiger partial charge on any atom is -0.333 e. The molecule has 0 amide bonds. The second-order valence-electron chi connectivity index (χ2n) is 2.19. The molecule has 90 valence electrons. The van der Waals surface area contributed by atoms with E-state index < -0.39 is 0 Å². The molecule has 2 N–H and O–H groups in total. The molecule has 0 spiro atoms. The standard InChI is InChI=1S/C8H7NOS2.C2H6.CH5N/c1-5-6(3-9)8(11-2)12-7(5)4-10;2*1-2/h4H,1-2H3;1-2H3;2H2,1H3. The van der Waals surface area contributed by atoms with Crippen molar-refractivity contribution < 1.29 is 4.79 Å². The minimum absolute atomic E-state index is 0.648. The molecule has 1 rings (SSSR count). The molecule has 0 unspecified atom stereocenters. The van der Waals surface area contributed by atoms with Gasteiger partial charge < -0.3 is 5.73 Å². The summed E-state index contributed by atoms with van der Waals surface area (Å²) in [6, 6.07) is 2.10. The summed E-state index contributed by atoms with van der Waals surface area (Å²) >= 11 is 2.89. The van der Waals surface area contributed by atoms with Crippen molar-refractivity contribution >= 4 is 29.4 Å². The molecular formula is C11H18N2OS2. The third-order valence-corrected chi connectivity index (χ3v) is 3.89. The van der Waals surface area contributed by atoms with Gasteiger partial charge >= 0.3 is 0 Å². The van der Waals surface area contributed by atoms with E-state index in [1.165, 1.54) is 30.1 Å². The first-order valence-electron chi connectivity index (χ1n) is 4.85. The van der Waals surface area contributed by atoms with Crippen molar-refractivity contribution in [1.29, 1.82) is 5.26 Å². The highest BCUT2D eigenvalue weighted by Crippen LogP contribution is 2.32. The smallest absolute Gasteiger partial charge is 0.160 e. The van der Waals surface area contributed by atoms with E-state index in [0.717, 1.165) is 16.1 Å². The number of carbonyl (C=O) groups is 1. The second kappa shape index (κ2) is 10.7. The summed E-state index contributed by atoms with van der Waals surface area (Å²) < 4.78 is 0.928. The van der Waals surface area contributed by atoms with Gasteiger partial charge in [-0.3, -0.25) is 4.79 Å². The molecule has 1 aromatic rings. The van der Waals surface area contributed by atoms with Crippen molar-refractivity contribution in [2.24, 2.45) is 5.73 Å². The van der Waals surface area contributed by atoms with Crippen LogP contribution in [0.2, 0.25) is 0 Å². The quantitative estimate of drug-likeness (QED) is 0.654. The van der Waals surface area contributed by atoms with Crippen LogP contribution in [0.3, 0.4) is 0 Å². The average Bonchev–Trinajstić information content (AvgIpc) is 2.69. The van der Waals surface area contributed by atoms with Crippen molar-refractivity contribution in [3.8, 4) is 6.07 Å². The topological polar surface area (TPSA) is 66.9 Å². The maximum atomic E-state index is 10.5. The number of hydrogen-bond acceptors (Lipinski definition) is 5. The van der Waals surface area contributed by atoms with Gasteiger partial charge in [-0.05, 0) is 25.8 Å². The molecule has 0 saturated heterocycles. The monoisotopic (exact) mass is 258 g/mol. The Morgan fingerprint density at radius 3 is 2.19 bits per heavy atom. The summed E-state index contributed by atoms with van der Waals surface area (Å²) in [7, 11) is 1.50. The van der Waals surface area contributed by atoms with Gasteiger partial charge in [0.05, 0.1) is 14.6 Å². The predicted octanol–water partition coefficient (Wildman–Crippen LogP) is 3.06. The van der Waals surface area contributed by atoms with Gasteiger partial charge in [0.2, 0.25) is 0 Å². The van der Waals surface area contributed by atoms with Crippen molar-refractivity contribution in [3.05, 3.63) is 16.0 Å². The van der Waals surface area contributed by atoms with Crippen LogP contribution in [-0.4, -0.2) is 19.6 Å². The number of thioether (sulfide) groups is 1. The summed E-state index contributed by atoms with van der Waals surface area (Å²) in [4.78, 5) is 11.2. The Balaban J connectivity index is 0. The van der Waals surface area contributed by atoms with Crippen LogP contribution in [-0.2, 0) is 0 Å². The number of nitrogens with two attached hydrogens (primary N) is 1. The molecule has 0 aliphatic carbocycles. The minimum atomic E-state index is 0.648. The lowest BCUT2D eigenvalue weighted by Gasteiger charge is -1.88. The van der Waals surface area contributed by atoms with Crippen LogP contribution in [0.4, 0.5) is 0 Å². The van der Waals surface area contributed by atoms with Gasteiger partial charge in [-0.2, -0.15) is 5.26 Å². The lowest BCUT2D eigenvalue weighted by atomic mass is 10.2. The molecule has 0 aliphatic rings. The Morgan fingerprint density at radius 2 is 1.94 bits per heavy atom. The van der Waals surface area contributed by atoms with E-state index in [1.807, 2.05) is 20.1 Å². The zero-order chi connectivity index (χ0) is 13.1. The molecule has 1 heterocycles. The van der Waals surface area contributed by atoms with Crippen LogP contribution in [0.25, 0.3) is 0 Å². The first-order valence-corrected chi connectivity index (χ1v) is 6.89. The molecule has 0 fully saturated rings. The van der Waals surface area contributed by atoms with Gasteiger partial charge in [0.15, 0.2) is 6.29 Å². The molecule has 3 nitrogen and oxygen atoms in total. The molecule has 0 radical (unpaired) electrons. The number of nitrogens with zero attached hydrogens (tertiary/aromatic N) is 1. The van der Waals surface area contributed by atoms with Gasteiger partial charge in [-0.1, -0.05) is 13.8 Å². The summed E-state index contributed by atoms with van der Waals surface area (Å²) in [6.07, 6.45) is 2.71. The average molecular weight is 258 g/mol. The molecule has 0 bridgehead atoms. The highest BCUT2D eigenvalue weighted by atomic mass is 32.2. The zero-order valence-electron chi connectivity index (χ0n) is 10.3. The van der Waals surface area contributed by atoms with E-state index in [9.17, 15) is 4.79 Å². The van der Waals surface area contributed by atoms with E-state index >= 15 is 0 Å². The van der Waals surface area contributed by atoms with Crippen LogP contribution in [0.15, 0.2) is 4.21 Å². The maximum absolute atomic E-state index is 10.5. The second-order valence-corrected chi connectivity index (χ2v) is 4.31. The Kier molecular flexibility index (Phi) is 11.7. The lowest BCUT2D eigenvalue weighted by molar-refractivity contribution is 0.112. The van der Waals surface area contributed by atoms with Crippen LogP contribution in [0.1, 0.15) is 34.6 Å². The number of aldehydes is 1. The van der Waals surface area contributed by atoms with E-state index in [1.54, 1.807) is 6.92 Å². The van der Waals surface area contributed by atoms with Gasteiger partial charge in [-0.25, -0.2) is 0 Å². The number of nitriles is 1. The lowest BCUT2D eigenvalue weighted by Crippen LogP contribution is -1.79. The highest BCUT2D eigenvalue weighted by molar-refractivity contribution is 8.00. The Morgan fingerprint density at radius 1 is 1.44 bits per heavy atom. The van der Waals surface area contributed by atoms with Crippen LogP contribution < -0.4 is 5.73 Å². The van der Waals surface area contributed by atoms with E-state index in [0.29, 0.717) is 10.4 Å². The van der Waals surface area contributed by atoms with E-state index in [4.69, 9.17) is 5.26 Å². The fraction of sp³-hybridized carbons (Fsp3) is 0.455. The fourth-order valence-corrected chi connectivity index (χ4v) is 2.70. The van der Waals surface area contributed by atoms with Gasteiger partial charge in [0.1, 0.15) is 6.07 Å². The Hall–Kier alpha value is -0.830. The van der Waals surface area contributed by atoms with E-state index in [-0.39, 0.29) is 0 Å². The van der Waals surface area contributed by atoms with E-state index in [2.05, 4.69) is 11.8 Å². The van der Waals surface area contributed by atoms with Gasteiger partial charge in [0.25, 0.3) is 0 Å². The molecule has 0 saturated carbocycles. The highest BCUT2D eigenvalue weighted by Gasteiger charge is 2.12. The van der Waals surface area contributed by atoms with Crippen LogP contribution in [0.5, 0.6) is 0 Å². The van der Waals surface area contributed by atoms with Crippen molar-refractivity contribution in [3.63, 3.8) is 0 Å². The number of carbonyl (C=O) groups excluding carboxylic acids is 1. The maximum Gasteiger partial charge on any atom is 0.160 e. The van der Waals surface area contributed by atoms with Crippen molar-refractivity contribution in [2.75, 3.05) is 13.3 Å². The van der Waals surface area contributed by atoms with Gasteiger partial charge in [-0.15, -0.1) is 23.1 Å². The molecule has 0 aromatic carbocycles. The zero-order valence-corrected chi connectivity index (χ0v) is 12.0. The molecule has 5 heteroatoms. The van der Waals surface area contributed by atoms with Crippen molar-refractivity contribution in [2.45, 2.75) is 25.0 Å². The third-order valence-electron chi connectivity index (χ3n) is 1.56. The summed E-state index contributed by atoms with van der Waals surface area (Å²) in [5.41, 5.74) is 5.96. The molecule has 16 heavy (non-hydrogen) atoms. The summed E-state index contributed by atoms with van der Waals surface area (Å²) in [6.45, 7) is 5.80. The van der Waals surface area contributed by atoms with Crippen LogP contribution >= 0.6 is 23.1 Å². The summed E-state index contributed by atoms with van der Waals surface area (Å²) in [5.74, 6) is 0. The Bertz CT molecular complexity index is 354. The summed E-state index contributed by atoms with van der Waals surface area (Å²) in [5, 5.41) is 8.77. The molecule has 0 aliphatic heterocycles. The normalized spacial score (nSPS) is 7.81. The largest absolute Gasteiger partial charge is 0.333 e. The number of thiophene rings is 1. The van der Waals surface area contributed by atoms with Crippen LogP contribution in [0, 0.1) is 18.3 Å². The molecule has 0 atom stereocenters. The predicted molar refractivity (Wildman–Crippen MR) is 72.4 cm³/mol. The SMILES string of the molecule is CC.CN.CSc1sc(C=O)c(C)c1C#N. The first-order chi connectivity index (χ1) is 7.74. The molecular weight excluding hydrogens is 240 g/mol. The number of hydrogen-bond donors (Lipinski definition) is 1. The third kappa shape index (κ3) is 4.35. The fourth-order valence-electron chi connectivity index (χ4n) is 0.889. The van der Waals surface area contributed by atoms with Gasteiger partial charge in [0, 0.05) is 0 Å². The first kappa shape index (κ1) is 17.6. The number of rotatable bonds is 2. The van der Waals surface area contributed by atoms with Crippen molar-refractivity contribution in [1.82, 2.24) is 0 Å².